The molecule has 228 valence electrons. The van der Waals surface area contributed by atoms with Gasteiger partial charge in [0.15, 0.2) is 0 Å². The number of hydrogen-bond donors (Lipinski definition) is 2. The van der Waals surface area contributed by atoms with Gasteiger partial charge in [-0.1, -0.05) is 44.2 Å². The van der Waals surface area contributed by atoms with E-state index in [9.17, 15) is 13.9 Å². The lowest BCUT2D eigenvalue weighted by atomic mass is 9.75. The summed E-state index contributed by atoms with van der Waals surface area (Å²) in [6, 6.07) is 20.1. The molecule has 43 heavy (non-hydrogen) atoms. The summed E-state index contributed by atoms with van der Waals surface area (Å²) >= 11 is 0. The second-order valence-electron chi connectivity index (χ2n) is 12.0. The summed E-state index contributed by atoms with van der Waals surface area (Å²) in [7, 11) is 0. The molecule has 2 aliphatic heterocycles. The van der Waals surface area contributed by atoms with Crippen molar-refractivity contribution >= 4 is 34.3 Å². The van der Waals surface area contributed by atoms with E-state index in [1.807, 2.05) is 37.3 Å². The fourth-order valence-corrected chi connectivity index (χ4v) is 6.83. The smallest absolute Gasteiger partial charge is 0.137 e. The molecule has 4 atom stereocenters. The van der Waals surface area contributed by atoms with Crippen molar-refractivity contribution in [2.75, 3.05) is 26.2 Å². The van der Waals surface area contributed by atoms with Gasteiger partial charge in [-0.15, -0.1) is 12.4 Å². The lowest BCUT2D eigenvalue weighted by molar-refractivity contribution is -0.0719. The van der Waals surface area contributed by atoms with Gasteiger partial charge in [-0.05, 0) is 78.7 Å². The predicted molar refractivity (Wildman–Crippen MR) is 168 cm³/mol. The van der Waals surface area contributed by atoms with Crippen LogP contribution >= 0.6 is 12.4 Å². The number of nitrogens with one attached hydrogen (secondary N) is 1. The van der Waals surface area contributed by atoms with Gasteiger partial charge in [0.2, 0.25) is 0 Å². The molecule has 2 fully saturated rings. The minimum absolute atomic E-state index is 0. The van der Waals surface area contributed by atoms with Crippen LogP contribution in [0, 0.1) is 23.5 Å². The molecular weight excluding hydrogens is 570 g/mol. The summed E-state index contributed by atoms with van der Waals surface area (Å²) in [4.78, 5) is 2.35. The van der Waals surface area contributed by atoms with Crippen molar-refractivity contribution < 1.29 is 22.7 Å². The van der Waals surface area contributed by atoms with E-state index in [4.69, 9.17) is 8.83 Å². The van der Waals surface area contributed by atoms with Gasteiger partial charge < -0.3 is 19.3 Å². The van der Waals surface area contributed by atoms with Crippen molar-refractivity contribution in [3.05, 3.63) is 108 Å². The fraction of sp³-hybridized carbons (Fsp3) is 0.371. The third kappa shape index (κ3) is 6.50. The topological polar surface area (TPSA) is 61.8 Å². The second-order valence-corrected chi connectivity index (χ2v) is 12.0. The maximum Gasteiger partial charge on any atom is 0.137 e. The molecule has 2 N–H and O–H groups in total. The van der Waals surface area contributed by atoms with Crippen molar-refractivity contribution in [1.82, 2.24) is 10.2 Å². The third-order valence-electron chi connectivity index (χ3n) is 9.16. The Hall–Kier alpha value is -3.23. The first-order chi connectivity index (χ1) is 20.3. The van der Waals surface area contributed by atoms with Gasteiger partial charge in [0.05, 0.1) is 18.1 Å². The molecule has 0 amide bonds. The zero-order chi connectivity index (χ0) is 29.3. The average Bonchev–Trinajstić information content (AvgIpc) is 3.65. The predicted octanol–water partition coefficient (Wildman–Crippen LogP) is 8.01. The number of benzene rings is 3. The first kappa shape index (κ1) is 31.2. The number of fused-ring (bicyclic) bond motifs is 2. The van der Waals surface area contributed by atoms with Gasteiger partial charge in [-0.3, -0.25) is 4.90 Å². The SMILES string of the molecule is CC1CN(Cc2ccccc2)CCC1(O)c1cc(F)cc2occc12.CC1CNCCC1c1cc(F)cc2occc12.Cl. The molecule has 2 aromatic heterocycles. The van der Waals surface area contributed by atoms with E-state index in [0.717, 1.165) is 55.5 Å². The Kier molecular flexibility index (Phi) is 9.57. The van der Waals surface area contributed by atoms with Crippen molar-refractivity contribution in [2.24, 2.45) is 11.8 Å². The Balaban J connectivity index is 0.000000179. The molecule has 5 aromatic rings. The number of nitrogens with zero attached hydrogens (tertiary/aromatic N) is 1. The number of likely N-dealkylation sites (tertiary alicyclic amines) is 1. The lowest BCUT2D eigenvalue weighted by Gasteiger charge is -2.44. The van der Waals surface area contributed by atoms with Gasteiger partial charge in [0, 0.05) is 48.5 Å². The molecule has 4 heterocycles. The van der Waals surface area contributed by atoms with E-state index in [1.165, 1.54) is 23.8 Å². The highest BCUT2D eigenvalue weighted by atomic mass is 35.5. The number of halogens is 3. The van der Waals surface area contributed by atoms with E-state index >= 15 is 0 Å². The largest absolute Gasteiger partial charge is 0.464 e. The van der Waals surface area contributed by atoms with Crippen molar-refractivity contribution in [2.45, 2.75) is 44.8 Å². The normalized spacial score (nSPS) is 24.3. The summed E-state index contributed by atoms with van der Waals surface area (Å²) in [5, 5.41) is 16.6. The molecule has 0 saturated carbocycles. The van der Waals surface area contributed by atoms with E-state index in [-0.39, 0.29) is 30.0 Å². The van der Waals surface area contributed by atoms with Crippen LogP contribution in [0.3, 0.4) is 0 Å². The van der Waals surface area contributed by atoms with Gasteiger partial charge in [-0.2, -0.15) is 0 Å². The molecular formula is C35H39ClF2N2O3. The molecule has 0 spiro atoms. The summed E-state index contributed by atoms with van der Waals surface area (Å²) in [6.45, 7) is 8.66. The van der Waals surface area contributed by atoms with Gasteiger partial charge >= 0.3 is 0 Å². The molecule has 7 rings (SSSR count). The average molecular weight is 609 g/mol. The van der Waals surface area contributed by atoms with Crippen LogP contribution in [0.4, 0.5) is 8.78 Å². The van der Waals surface area contributed by atoms with E-state index in [1.54, 1.807) is 18.6 Å². The van der Waals surface area contributed by atoms with Gasteiger partial charge in [0.25, 0.3) is 0 Å². The highest BCUT2D eigenvalue weighted by Gasteiger charge is 2.41. The summed E-state index contributed by atoms with van der Waals surface area (Å²) in [6.07, 6.45) is 4.82. The standard InChI is InChI=1S/C21H22FNO2.C14H16FNO.ClH/c1-15-13-23(14-16-5-3-2-4-6-16)9-8-21(15,24)19-11-17(22)12-20-18(19)7-10-25-20;1-9-8-16-4-2-11(9)13-6-10(15)7-14-12(13)3-5-17-14;/h2-7,10-12,15,24H,8-9,13-14H2,1H3;3,5-7,9,11,16H,2,4,8H2,1H3;1H. The first-order valence-corrected chi connectivity index (χ1v) is 14.8. The third-order valence-corrected chi connectivity index (χ3v) is 9.16. The van der Waals surface area contributed by atoms with Crippen LogP contribution in [0.25, 0.3) is 21.9 Å². The minimum Gasteiger partial charge on any atom is -0.464 e. The Bertz CT molecular complexity index is 1660. The van der Waals surface area contributed by atoms with E-state index < -0.39 is 5.60 Å². The van der Waals surface area contributed by atoms with E-state index in [0.29, 0.717) is 35.0 Å². The summed E-state index contributed by atoms with van der Waals surface area (Å²) in [5.74, 6) is 0.374. The molecule has 5 nitrogen and oxygen atoms in total. The Morgan fingerprint density at radius 1 is 0.930 bits per heavy atom. The van der Waals surface area contributed by atoms with Crippen LogP contribution in [-0.2, 0) is 12.1 Å². The number of piperidine rings is 2. The zero-order valence-electron chi connectivity index (χ0n) is 24.6. The van der Waals surface area contributed by atoms with Crippen molar-refractivity contribution in [3.63, 3.8) is 0 Å². The molecule has 3 aromatic carbocycles. The number of aliphatic hydroxyl groups is 1. The number of hydrogen-bond acceptors (Lipinski definition) is 5. The monoisotopic (exact) mass is 608 g/mol. The summed E-state index contributed by atoms with van der Waals surface area (Å²) < 4.78 is 38.2. The van der Waals surface area contributed by atoms with E-state index in [2.05, 4.69) is 29.3 Å². The minimum atomic E-state index is -1.04. The molecule has 4 unspecified atom stereocenters. The highest BCUT2D eigenvalue weighted by Crippen LogP contribution is 2.41. The quantitative estimate of drug-likeness (QED) is 0.216. The van der Waals surface area contributed by atoms with Crippen LogP contribution in [0.1, 0.15) is 49.3 Å². The first-order valence-electron chi connectivity index (χ1n) is 14.8. The van der Waals surface area contributed by atoms with Crippen LogP contribution in [-0.4, -0.2) is 36.2 Å². The number of rotatable bonds is 4. The lowest BCUT2D eigenvalue weighted by Crippen LogP contribution is -2.48. The molecule has 0 radical (unpaired) electrons. The Labute approximate surface area is 257 Å². The van der Waals surface area contributed by atoms with Crippen LogP contribution < -0.4 is 5.32 Å². The Morgan fingerprint density at radius 3 is 2.30 bits per heavy atom. The number of furan rings is 2. The fourth-order valence-electron chi connectivity index (χ4n) is 6.83. The molecule has 2 aliphatic rings. The van der Waals surface area contributed by atoms with Crippen molar-refractivity contribution in [1.29, 1.82) is 0 Å². The highest BCUT2D eigenvalue weighted by molar-refractivity contribution is 5.85. The second kappa shape index (κ2) is 13.2. The van der Waals surface area contributed by atoms with Gasteiger partial charge in [0.1, 0.15) is 22.8 Å². The van der Waals surface area contributed by atoms with Crippen LogP contribution in [0.2, 0.25) is 0 Å². The molecule has 8 heteroatoms. The maximum absolute atomic E-state index is 14.0. The maximum atomic E-state index is 14.0. The van der Waals surface area contributed by atoms with Crippen molar-refractivity contribution in [3.8, 4) is 0 Å². The van der Waals surface area contributed by atoms with Gasteiger partial charge in [-0.25, -0.2) is 8.78 Å². The van der Waals surface area contributed by atoms with Crippen LogP contribution in [0.15, 0.2) is 88.1 Å². The molecule has 0 aliphatic carbocycles. The Morgan fingerprint density at radius 2 is 1.60 bits per heavy atom. The van der Waals surface area contributed by atoms with Crippen LogP contribution in [0.5, 0.6) is 0 Å². The zero-order valence-corrected chi connectivity index (χ0v) is 25.4. The summed E-state index contributed by atoms with van der Waals surface area (Å²) in [5.41, 5.74) is 3.11. The molecule has 0 bridgehead atoms. The molecule has 2 saturated heterocycles.